The predicted molar refractivity (Wildman–Crippen MR) is 65.1 cm³/mol. The van der Waals surface area contributed by atoms with Crippen molar-refractivity contribution in [1.82, 2.24) is 0 Å². The van der Waals surface area contributed by atoms with E-state index in [1.54, 1.807) is 0 Å². The molecule has 0 saturated heterocycles. The lowest BCUT2D eigenvalue weighted by Crippen LogP contribution is -2.12. The van der Waals surface area contributed by atoms with Gasteiger partial charge in [-0.05, 0) is 38.5 Å². The first-order valence-electron chi connectivity index (χ1n) is 5.51. The van der Waals surface area contributed by atoms with Crippen LogP contribution in [-0.2, 0) is 9.47 Å². The molecule has 1 aromatic carbocycles. The van der Waals surface area contributed by atoms with Gasteiger partial charge in [0.1, 0.15) is 6.61 Å². The Bertz CT molecular complexity index is 374. The Labute approximate surface area is 97.6 Å². The Morgan fingerprint density at radius 2 is 2.12 bits per heavy atom. The molecule has 0 aliphatic heterocycles. The quantitative estimate of drug-likeness (QED) is 0.571. The van der Waals surface area contributed by atoms with Gasteiger partial charge in [-0.15, -0.1) is 0 Å². The highest BCUT2D eigenvalue weighted by Gasteiger charge is 1.96. The predicted octanol–water partition coefficient (Wildman–Crippen LogP) is 2.75. The van der Waals surface area contributed by atoms with Gasteiger partial charge in [-0.2, -0.15) is 0 Å². The Morgan fingerprint density at radius 1 is 1.31 bits per heavy atom. The molecule has 1 rings (SSSR count). The van der Waals surface area contributed by atoms with Crippen LogP contribution in [-0.4, -0.2) is 19.5 Å². The maximum atomic E-state index is 5.34. The monoisotopic (exact) mass is 218 g/mol. The van der Waals surface area contributed by atoms with Crippen LogP contribution in [0.5, 0.6) is 0 Å². The van der Waals surface area contributed by atoms with Gasteiger partial charge in [0.2, 0.25) is 0 Å². The molecule has 86 valence electrons. The van der Waals surface area contributed by atoms with Crippen molar-refractivity contribution >= 4 is 0 Å². The number of ether oxygens (including phenoxy) is 2. The van der Waals surface area contributed by atoms with Crippen LogP contribution in [0.3, 0.4) is 0 Å². The molecule has 0 amide bonds. The van der Waals surface area contributed by atoms with Crippen molar-refractivity contribution in [2.75, 3.05) is 13.2 Å². The van der Waals surface area contributed by atoms with Crippen molar-refractivity contribution in [2.45, 2.75) is 27.1 Å². The van der Waals surface area contributed by atoms with E-state index >= 15 is 0 Å². The van der Waals surface area contributed by atoms with E-state index in [4.69, 9.17) is 9.47 Å². The van der Waals surface area contributed by atoms with Crippen LogP contribution in [0.25, 0.3) is 0 Å². The van der Waals surface area contributed by atoms with Gasteiger partial charge in [-0.1, -0.05) is 24.0 Å². The van der Waals surface area contributed by atoms with E-state index in [-0.39, 0.29) is 6.29 Å². The summed E-state index contributed by atoms with van der Waals surface area (Å²) in [5.74, 6) is 6.02. The van der Waals surface area contributed by atoms with E-state index in [0.717, 1.165) is 5.56 Å². The second-order valence-corrected chi connectivity index (χ2v) is 3.51. The summed E-state index contributed by atoms with van der Waals surface area (Å²) in [6.45, 7) is 6.93. The summed E-state index contributed by atoms with van der Waals surface area (Å²) in [5, 5.41) is 0. The SMILES string of the molecule is CCOC(C)OCC#Cc1cccc(C)c1. The van der Waals surface area contributed by atoms with Crippen molar-refractivity contribution in [3.05, 3.63) is 35.4 Å². The van der Waals surface area contributed by atoms with Crippen LogP contribution in [0, 0.1) is 18.8 Å². The Balaban J connectivity index is 2.38. The average molecular weight is 218 g/mol. The highest BCUT2D eigenvalue weighted by molar-refractivity contribution is 5.36. The molecule has 2 nitrogen and oxygen atoms in total. The average Bonchev–Trinajstić information content (AvgIpc) is 2.25. The van der Waals surface area contributed by atoms with Gasteiger partial charge in [0.05, 0.1) is 0 Å². The minimum atomic E-state index is -0.184. The fourth-order valence-corrected chi connectivity index (χ4v) is 1.30. The molecule has 0 radical (unpaired) electrons. The highest BCUT2D eigenvalue weighted by atomic mass is 16.7. The normalized spacial score (nSPS) is 11.7. The van der Waals surface area contributed by atoms with Gasteiger partial charge < -0.3 is 9.47 Å². The van der Waals surface area contributed by atoms with Gasteiger partial charge in [-0.25, -0.2) is 0 Å². The molecule has 0 bridgehead atoms. The van der Waals surface area contributed by atoms with E-state index in [9.17, 15) is 0 Å². The Morgan fingerprint density at radius 3 is 2.81 bits per heavy atom. The summed E-state index contributed by atoms with van der Waals surface area (Å²) >= 11 is 0. The lowest BCUT2D eigenvalue weighted by Gasteiger charge is -2.09. The van der Waals surface area contributed by atoms with Crippen molar-refractivity contribution in [3.63, 3.8) is 0 Å². The summed E-state index contributed by atoms with van der Waals surface area (Å²) in [6.07, 6.45) is -0.184. The first-order chi connectivity index (χ1) is 7.72. The Kier molecular flexibility index (Phi) is 5.63. The van der Waals surface area contributed by atoms with E-state index in [2.05, 4.69) is 30.9 Å². The van der Waals surface area contributed by atoms with Crippen LogP contribution < -0.4 is 0 Å². The second-order valence-electron chi connectivity index (χ2n) is 3.51. The summed E-state index contributed by atoms with van der Waals surface area (Å²) < 4.78 is 10.6. The molecule has 0 spiro atoms. The van der Waals surface area contributed by atoms with Crippen LogP contribution in [0.2, 0.25) is 0 Å². The molecule has 0 heterocycles. The standard InChI is InChI=1S/C14H18O2/c1-4-15-13(3)16-10-6-9-14-8-5-7-12(2)11-14/h5,7-8,11,13H,4,10H2,1-3H3. The maximum absolute atomic E-state index is 5.34. The van der Waals surface area contributed by atoms with E-state index in [1.165, 1.54) is 5.56 Å². The fourth-order valence-electron chi connectivity index (χ4n) is 1.30. The third kappa shape index (κ3) is 4.97. The molecule has 0 N–H and O–H groups in total. The lowest BCUT2D eigenvalue weighted by atomic mass is 10.1. The van der Waals surface area contributed by atoms with Crippen LogP contribution in [0.4, 0.5) is 0 Å². The molecule has 0 fully saturated rings. The molecule has 1 unspecified atom stereocenters. The number of benzene rings is 1. The van der Waals surface area contributed by atoms with Gasteiger partial charge in [0, 0.05) is 12.2 Å². The molecule has 1 aromatic rings. The number of hydrogen-bond donors (Lipinski definition) is 0. The number of rotatable bonds is 4. The zero-order valence-electron chi connectivity index (χ0n) is 10.1. The second kappa shape index (κ2) is 7.05. The molecular weight excluding hydrogens is 200 g/mol. The summed E-state index contributed by atoms with van der Waals surface area (Å²) in [6, 6.07) is 8.10. The summed E-state index contributed by atoms with van der Waals surface area (Å²) in [4.78, 5) is 0. The van der Waals surface area contributed by atoms with E-state index in [0.29, 0.717) is 13.2 Å². The van der Waals surface area contributed by atoms with Crippen LogP contribution in [0.1, 0.15) is 25.0 Å². The van der Waals surface area contributed by atoms with E-state index < -0.39 is 0 Å². The largest absolute Gasteiger partial charge is 0.353 e. The molecule has 0 aliphatic rings. The molecule has 0 aromatic heterocycles. The molecule has 0 saturated carbocycles. The van der Waals surface area contributed by atoms with Gasteiger partial charge in [-0.3, -0.25) is 0 Å². The topological polar surface area (TPSA) is 18.5 Å². The van der Waals surface area contributed by atoms with Crippen molar-refractivity contribution in [1.29, 1.82) is 0 Å². The maximum Gasteiger partial charge on any atom is 0.156 e. The smallest absolute Gasteiger partial charge is 0.156 e. The number of hydrogen-bond acceptors (Lipinski definition) is 2. The molecular formula is C14H18O2. The van der Waals surface area contributed by atoms with Crippen molar-refractivity contribution in [3.8, 4) is 11.8 Å². The van der Waals surface area contributed by atoms with Crippen LogP contribution in [0.15, 0.2) is 24.3 Å². The van der Waals surface area contributed by atoms with Gasteiger partial charge >= 0.3 is 0 Å². The third-order valence-corrected chi connectivity index (χ3v) is 2.04. The third-order valence-electron chi connectivity index (χ3n) is 2.04. The summed E-state index contributed by atoms with van der Waals surface area (Å²) in [7, 11) is 0. The van der Waals surface area contributed by atoms with Crippen LogP contribution >= 0.6 is 0 Å². The molecule has 16 heavy (non-hydrogen) atoms. The Hall–Kier alpha value is -1.30. The lowest BCUT2D eigenvalue weighted by molar-refractivity contribution is -0.117. The minimum absolute atomic E-state index is 0.184. The highest BCUT2D eigenvalue weighted by Crippen LogP contribution is 2.01. The molecule has 0 aliphatic carbocycles. The van der Waals surface area contributed by atoms with Crippen molar-refractivity contribution < 1.29 is 9.47 Å². The minimum Gasteiger partial charge on any atom is -0.353 e. The van der Waals surface area contributed by atoms with Crippen molar-refractivity contribution in [2.24, 2.45) is 0 Å². The fraction of sp³-hybridized carbons (Fsp3) is 0.429. The van der Waals surface area contributed by atoms with Gasteiger partial charge in [0.25, 0.3) is 0 Å². The van der Waals surface area contributed by atoms with Gasteiger partial charge in [0.15, 0.2) is 6.29 Å². The zero-order valence-corrected chi connectivity index (χ0v) is 10.1. The zero-order chi connectivity index (χ0) is 11.8. The first-order valence-corrected chi connectivity index (χ1v) is 5.51. The molecule has 2 heteroatoms. The summed E-state index contributed by atoms with van der Waals surface area (Å²) in [5.41, 5.74) is 2.24. The molecule has 1 atom stereocenters. The number of aryl methyl sites for hydroxylation is 1. The van der Waals surface area contributed by atoms with E-state index in [1.807, 2.05) is 26.0 Å². The first kappa shape index (κ1) is 12.8.